The average molecular weight is 481 g/mol. The van der Waals surface area contributed by atoms with E-state index in [0.717, 1.165) is 18.2 Å². The zero-order valence-corrected chi connectivity index (χ0v) is 18.0. The Morgan fingerprint density at radius 1 is 0.909 bits per heavy atom. The molecule has 0 aliphatic rings. The van der Waals surface area contributed by atoms with Gasteiger partial charge in [-0.2, -0.15) is 13.2 Å². The summed E-state index contributed by atoms with van der Waals surface area (Å²) in [5, 5.41) is 10.0. The molecule has 0 saturated carbocycles. The normalized spacial score (nSPS) is 12.1. The number of carbonyl (C=O) groups is 1. The minimum atomic E-state index is -4.56. The van der Waals surface area contributed by atoms with Gasteiger partial charge in [0.15, 0.2) is 0 Å². The van der Waals surface area contributed by atoms with Crippen molar-refractivity contribution in [3.63, 3.8) is 0 Å². The van der Waals surface area contributed by atoms with Gasteiger partial charge in [-0.15, -0.1) is 0 Å². The van der Waals surface area contributed by atoms with Gasteiger partial charge in [-0.05, 0) is 42.5 Å². The first-order valence-electron chi connectivity index (χ1n) is 9.91. The SMILES string of the molecule is O=C(O)C(Oc1cccc(C(F)(F)F)c1)c1ccc(OCCCOc2ccccc2Cl)cc1. The van der Waals surface area contributed by atoms with Crippen LogP contribution in [0.5, 0.6) is 17.2 Å². The van der Waals surface area contributed by atoms with Gasteiger partial charge >= 0.3 is 12.1 Å². The van der Waals surface area contributed by atoms with E-state index in [1.807, 2.05) is 12.1 Å². The molecule has 1 atom stereocenters. The molecule has 0 radical (unpaired) electrons. The predicted molar refractivity (Wildman–Crippen MR) is 116 cm³/mol. The Balaban J connectivity index is 1.55. The van der Waals surface area contributed by atoms with E-state index in [2.05, 4.69) is 0 Å². The van der Waals surface area contributed by atoms with Crippen LogP contribution in [-0.2, 0) is 11.0 Å². The average Bonchev–Trinajstić information content (AvgIpc) is 2.78. The summed E-state index contributed by atoms with van der Waals surface area (Å²) in [5.41, 5.74) is -0.666. The van der Waals surface area contributed by atoms with Gasteiger partial charge in [-0.1, -0.05) is 41.9 Å². The van der Waals surface area contributed by atoms with Crippen molar-refractivity contribution in [3.8, 4) is 17.2 Å². The molecule has 0 heterocycles. The number of halogens is 4. The van der Waals surface area contributed by atoms with Crippen molar-refractivity contribution in [1.29, 1.82) is 0 Å². The molecule has 1 N–H and O–H groups in total. The van der Waals surface area contributed by atoms with Crippen LogP contribution in [0.4, 0.5) is 13.2 Å². The molecule has 3 aromatic rings. The molecule has 33 heavy (non-hydrogen) atoms. The van der Waals surface area contributed by atoms with Gasteiger partial charge in [0.25, 0.3) is 0 Å². The number of para-hydroxylation sites is 1. The molecule has 0 saturated heterocycles. The highest BCUT2D eigenvalue weighted by Gasteiger charge is 2.31. The second-order valence-corrected chi connectivity index (χ2v) is 7.32. The lowest BCUT2D eigenvalue weighted by molar-refractivity contribution is -0.145. The second kappa shape index (κ2) is 11.0. The number of carboxylic acids is 1. The topological polar surface area (TPSA) is 65.0 Å². The van der Waals surface area contributed by atoms with Crippen LogP contribution in [0.3, 0.4) is 0 Å². The van der Waals surface area contributed by atoms with E-state index in [9.17, 15) is 23.1 Å². The van der Waals surface area contributed by atoms with Crippen LogP contribution in [0.15, 0.2) is 72.8 Å². The van der Waals surface area contributed by atoms with E-state index in [1.165, 1.54) is 18.2 Å². The number of benzene rings is 3. The Morgan fingerprint density at radius 2 is 1.61 bits per heavy atom. The molecule has 0 aliphatic heterocycles. The van der Waals surface area contributed by atoms with Crippen molar-refractivity contribution in [2.45, 2.75) is 18.7 Å². The third-order valence-corrected chi connectivity index (χ3v) is 4.79. The molecule has 0 aliphatic carbocycles. The summed E-state index contributed by atoms with van der Waals surface area (Å²) in [4.78, 5) is 11.7. The van der Waals surface area contributed by atoms with Gasteiger partial charge in [0.2, 0.25) is 6.10 Å². The molecule has 9 heteroatoms. The first-order valence-corrected chi connectivity index (χ1v) is 10.3. The third kappa shape index (κ3) is 7.05. The second-order valence-electron chi connectivity index (χ2n) is 6.91. The van der Waals surface area contributed by atoms with E-state index in [1.54, 1.807) is 24.3 Å². The zero-order valence-electron chi connectivity index (χ0n) is 17.2. The maximum Gasteiger partial charge on any atom is 0.416 e. The van der Waals surface area contributed by atoms with Crippen LogP contribution >= 0.6 is 11.6 Å². The first-order chi connectivity index (χ1) is 15.7. The van der Waals surface area contributed by atoms with E-state index in [4.69, 9.17) is 25.8 Å². The summed E-state index contributed by atoms with van der Waals surface area (Å²) in [6, 6.07) is 17.3. The highest BCUT2D eigenvalue weighted by molar-refractivity contribution is 6.32. The van der Waals surface area contributed by atoms with Crippen LogP contribution in [0.1, 0.15) is 23.7 Å². The Bertz CT molecular complexity index is 1070. The molecule has 174 valence electrons. The van der Waals surface area contributed by atoms with Gasteiger partial charge < -0.3 is 19.3 Å². The molecule has 0 bridgehead atoms. The maximum atomic E-state index is 12.9. The fourth-order valence-electron chi connectivity index (χ4n) is 2.87. The van der Waals surface area contributed by atoms with Gasteiger partial charge in [0, 0.05) is 12.0 Å². The summed E-state index contributed by atoms with van der Waals surface area (Å²) in [6.07, 6.45) is -5.45. The molecule has 3 rings (SSSR count). The van der Waals surface area contributed by atoms with Gasteiger partial charge in [0.1, 0.15) is 17.2 Å². The molecular formula is C24H20ClF3O5. The molecule has 0 aromatic heterocycles. The Hall–Kier alpha value is -3.39. The lowest BCUT2D eigenvalue weighted by Gasteiger charge is -2.17. The van der Waals surface area contributed by atoms with E-state index in [0.29, 0.717) is 36.2 Å². The van der Waals surface area contributed by atoms with Crippen molar-refractivity contribution in [2.24, 2.45) is 0 Å². The number of aliphatic carboxylic acids is 1. The molecular weight excluding hydrogens is 461 g/mol. The number of ether oxygens (including phenoxy) is 3. The predicted octanol–water partition coefficient (Wildman–Crippen LogP) is 6.41. The highest BCUT2D eigenvalue weighted by atomic mass is 35.5. The van der Waals surface area contributed by atoms with Gasteiger partial charge in [-0.25, -0.2) is 4.79 Å². The number of carboxylic acid groups (broad SMARTS) is 1. The minimum absolute atomic E-state index is 0.198. The van der Waals surface area contributed by atoms with Crippen LogP contribution in [0.2, 0.25) is 5.02 Å². The number of hydrogen-bond donors (Lipinski definition) is 1. The Kier molecular flexibility index (Phi) is 8.06. The highest BCUT2D eigenvalue weighted by Crippen LogP contribution is 2.33. The largest absolute Gasteiger partial charge is 0.493 e. The van der Waals surface area contributed by atoms with Crippen molar-refractivity contribution in [1.82, 2.24) is 0 Å². The minimum Gasteiger partial charge on any atom is -0.493 e. The standard InChI is InChI=1S/C24H20ClF3O5/c25-20-7-1-2-8-21(20)32-14-4-13-31-18-11-9-16(10-12-18)22(23(29)30)33-19-6-3-5-17(15-19)24(26,27)28/h1-3,5-12,15,22H,4,13-14H2,(H,29,30). The Morgan fingerprint density at radius 3 is 2.27 bits per heavy atom. The van der Waals surface area contributed by atoms with Crippen molar-refractivity contribution in [3.05, 3.63) is 88.9 Å². The molecule has 5 nitrogen and oxygen atoms in total. The number of hydrogen-bond acceptors (Lipinski definition) is 4. The van der Waals surface area contributed by atoms with Crippen molar-refractivity contribution < 1.29 is 37.3 Å². The molecule has 0 fully saturated rings. The van der Waals surface area contributed by atoms with E-state index in [-0.39, 0.29) is 11.3 Å². The summed E-state index contributed by atoms with van der Waals surface area (Å²) < 4.78 is 55.2. The zero-order chi connectivity index (χ0) is 23.8. The molecule has 0 amide bonds. The fraction of sp³-hybridized carbons (Fsp3) is 0.208. The summed E-state index contributed by atoms with van der Waals surface area (Å²) >= 11 is 6.02. The molecule has 3 aromatic carbocycles. The van der Waals surface area contributed by atoms with Crippen LogP contribution in [0.25, 0.3) is 0 Å². The quantitative estimate of drug-likeness (QED) is 0.340. The van der Waals surface area contributed by atoms with Crippen molar-refractivity contribution >= 4 is 17.6 Å². The van der Waals surface area contributed by atoms with Gasteiger partial charge in [0.05, 0.1) is 23.8 Å². The lowest BCUT2D eigenvalue weighted by atomic mass is 10.1. The van der Waals surface area contributed by atoms with Gasteiger partial charge in [-0.3, -0.25) is 0 Å². The maximum absolute atomic E-state index is 12.9. The smallest absolute Gasteiger partial charge is 0.416 e. The van der Waals surface area contributed by atoms with Crippen molar-refractivity contribution in [2.75, 3.05) is 13.2 Å². The van der Waals surface area contributed by atoms with Crippen LogP contribution < -0.4 is 14.2 Å². The van der Waals surface area contributed by atoms with E-state index < -0.39 is 23.8 Å². The molecule has 1 unspecified atom stereocenters. The fourth-order valence-corrected chi connectivity index (χ4v) is 3.06. The Labute approximate surface area is 193 Å². The summed E-state index contributed by atoms with van der Waals surface area (Å²) in [5.74, 6) is -0.447. The first kappa shape index (κ1) is 24.3. The van der Waals surface area contributed by atoms with Crippen LogP contribution in [0, 0.1) is 0 Å². The number of alkyl halides is 3. The third-order valence-electron chi connectivity index (χ3n) is 4.47. The summed E-state index contributed by atoms with van der Waals surface area (Å²) in [7, 11) is 0. The lowest BCUT2D eigenvalue weighted by Crippen LogP contribution is -2.18. The van der Waals surface area contributed by atoms with Crippen LogP contribution in [-0.4, -0.2) is 24.3 Å². The van der Waals surface area contributed by atoms with E-state index >= 15 is 0 Å². The molecule has 0 spiro atoms. The summed E-state index contributed by atoms with van der Waals surface area (Å²) in [6.45, 7) is 0.751. The monoisotopic (exact) mass is 480 g/mol. The number of rotatable bonds is 10.